The lowest BCUT2D eigenvalue weighted by atomic mass is 9.94. The molecule has 4 nitrogen and oxygen atoms in total. The van der Waals surface area contributed by atoms with Crippen LogP contribution in [0.3, 0.4) is 0 Å². The molecule has 0 heterocycles. The number of rotatable bonds is 19. The Morgan fingerprint density at radius 1 is 0.889 bits per heavy atom. The molecule has 0 saturated heterocycles. The van der Waals surface area contributed by atoms with E-state index in [2.05, 4.69) is 31.9 Å². The molecule has 0 aromatic heterocycles. The molecule has 0 aliphatic carbocycles. The van der Waals surface area contributed by atoms with E-state index in [1.165, 1.54) is 44.9 Å². The third-order valence-corrected chi connectivity index (χ3v) is 5.19. The minimum Gasteiger partial charge on any atom is -0.464 e. The van der Waals surface area contributed by atoms with E-state index in [9.17, 15) is 4.79 Å². The number of ether oxygens (including phenoxy) is 1. The maximum atomic E-state index is 12.5. The van der Waals surface area contributed by atoms with Crippen molar-refractivity contribution in [1.82, 2.24) is 4.90 Å². The van der Waals surface area contributed by atoms with E-state index in [0.29, 0.717) is 13.0 Å². The van der Waals surface area contributed by atoms with Crippen LogP contribution in [0.2, 0.25) is 0 Å². The first-order valence-electron chi connectivity index (χ1n) is 11.4. The maximum Gasteiger partial charge on any atom is 0.308 e. The molecule has 1 atom stereocenters. The first-order valence-corrected chi connectivity index (χ1v) is 11.4. The van der Waals surface area contributed by atoms with E-state index in [-0.39, 0.29) is 11.9 Å². The zero-order valence-corrected chi connectivity index (χ0v) is 18.3. The molecule has 0 bridgehead atoms. The molecule has 0 aliphatic heterocycles. The van der Waals surface area contributed by atoms with Gasteiger partial charge in [-0.2, -0.15) is 5.26 Å². The third kappa shape index (κ3) is 16.8. The van der Waals surface area contributed by atoms with E-state index in [1.54, 1.807) is 0 Å². The normalized spacial score (nSPS) is 12.1. The molecule has 0 fully saturated rings. The number of likely N-dealkylation sites (N-methyl/N-ethyl adjacent to an activating group) is 1. The molecule has 0 spiro atoms. The minimum absolute atomic E-state index is 0.00673. The quantitative estimate of drug-likeness (QED) is 0.201. The molecule has 0 radical (unpaired) electrons. The summed E-state index contributed by atoms with van der Waals surface area (Å²) >= 11 is 0. The lowest BCUT2D eigenvalue weighted by Gasteiger charge is -2.19. The average Bonchev–Trinajstić information content (AvgIpc) is 2.67. The predicted molar refractivity (Wildman–Crippen MR) is 114 cm³/mol. The van der Waals surface area contributed by atoms with Gasteiger partial charge in [0.25, 0.3) is 0 Å². The summed E-state index contributed by atoms with van der Waals surface area (Å²) in [5, 5.41) is 8.64. The van der Waals surface area contributed by atoms with Gasteiger partial charge in [-0.15, -0.1) is 0 Å². The monoisotopic (exact) mass is 380 g/mol. The zero-order chi connectivity index (χ0) is 20.2. The van der Waals surface area contributed by atoms with Gasteiger partial charge in [-0.05, 0) is 39.3 Å². The highest BCUT2D eigenvalue weighted by Crippen LogP contribution is 2.20. The summed E-state index contributed by atoms with van der Waals surface area (Å²) in [4.78, 5) is 14.8. The second kappa shape index (κ2) is 19.7. The summed E-state index contributed by atoms with van der Waals surface area (Å²) in [5.74, 6) is 0.0342. The van der Waals surface area contributed by atoms with Crippen molar-refractivity contribution >= 4 is 5.97 Å². The van der Waals surface area contributed by atoms with Gasteiger partial charge in [0.1, 0.15) is 6.61 Å². The molecule has 0 aromatic rings. The summed E-state index contributed by atoms with van der Waals surface area (Å²) in [6, 6.07) is 2.19. The van der Waals surface area contributed by atoms with Gasteiger partial charge in [0, 0.05) is 13.0 Å². The molecule has 4 heteroatoms. The van der Waals surface area contributed by atoms with Gasteiger partial charge in [-0.1, -0.05) is 71.6 Å². The summed E-state index contributed by atoms with van der Waals surface area (Å²) in [6.45, 7) is 6.81. The summed E-state index contributed by atoms with van der Waals surface area (Å²) in [7, 11) is 2.09. The van der Waals surface area contributed by atoms with E-state index < -0.39 is 0 Å². The van der Waals surface area contributed by atoms with Gasteiger partial charge < -0.3 is 9.64 Å². The van der Waals surface area contributed by atoms with E-state index in [0.717, 1.165) is 51.6 Å². The third-order valence-electron chi connectivity index (χ3n) is 5.19. The number of hydrogen-bond donors (Lipinski definition) is 0. The Labute approximate surface area is 168 Å². The van der Waals surface area contributed by atoms with Gasteiger partial charge in [0.15, 0.2) is 0 Å². The number of esters is 1. The van der Waals surface area contributed by atoms with Crippen LogP contribution in [0.1, 0.15) is 104 Å². The first-order chi connectivity index (χ1) is 13.2. The lowest BCUT2D eigenvalue weighted by Crippen LogP contribution is -2.27. The van der Waals surface area contributed by atoms with Crippen molar-refractivity contribution in [3.05, 3.63) is 0 Å². The topological polar surface area (TPSA) is 53.3 Å². The fourth-order valence-corrected chi connectivity index (χ4v) is 3.28. The molecule has 0 aliphatic rings. The molecule has 1 unspecified atom stereocenters. The van der Waals surface area contributed by atoms with Gasteiger partial charge in [-0.25, -0.2) is 0 Å². The van der Waals surface area contributed by atoms with Crippen LogP contribution in [0.15, 0.2) is 0 Å². The minimum atomic E-state index is -0.00673. The zero-order valence-electron chi connectivity index (χ0n) is 18.3. The number of nitriles is 1. The fraction of sp³-hybridized carbons (Fsp3) is 0.913. The van der Waals surface area contributed by atoms with Gasteiger partial charge in [-0.3, -0.25) is 4.79 Å². The van der Waals surface area contributed by atoms with Crippen LogP contribution < -0.4 is 0 Å². The van der Waals surface area contributed by atoms with Crippen LogP contribution in [0.4, 0.5) is 0 Å². The summed E-state index contributed by atoms with van der Waals surface area (Å²) in [5.41, 5.74) is 0. The van der Waals surface area contributed by atoms with Gasteiger partial charge in [0.2, 0.25) is 0 Å². The number of unbranched alkanes of at least 4 members (excludes halogenated alkanes) is 9. The number of hydrogen-bond acceptors (Lipinski definition) is 4. The Bertz CT molecular complexity index is 379. The van der Waals surface area contributed by atoms with E-state index >= 15 is 0 Å². The van der Waals surface area contributed by atoms with Crippen LogP contribution in [-0.4, -0.2) is 37.6 Å². The standard InChI is InChI=1S/C23H44N2O2/c1-4-6-8-9-10-13-16-22(17-14-11-12-15-18-24)23(26)27-21-20-25(3)19-7-5-2/h22H,4-17,19-21H2,1-3H3. The van der Waals surface area contributed by atoms with Crippen LogP contribution in [0, 0.1) is 17.2 Å². The SMILES string of the molecule is CCCCCCCCC(CCCCCC#N)C(=O)OCCN(C)CCCC. The maximum absolute atomic E-state index is 12.5. The highest BCUT2D eigenvalue weighted by atomic mass is 16.5. The van der Waals surface area contributed by atoms with Gasteiger partial charge >= 0.3 is 5.97 Å². The Balaban J connectivity index is 4.15. The molecule has 0 N–H and O–H groups in total. The second-order valence-corrected chi connectivity index (χ2v) is 7.84. The molecular formula is C23H44N2O2. The second-order valence-electron chi connectivity index (χ2n) is 7.84. The Hall–Kier alpha value is -1.08. The predicted octanol–water partition coefficient (Wildman–Crippen LogP) is 6.10. The van der Waals surface area contributed by atoms with Crippen molar-refractivity contribution in [1.29, 1.82) is 5.26 Å². The number of carbonyl (C=O) groups excluding carboxylic acids is 1. The highest BCUT2D eigenvalue weighted by Gasteiger charge is 2.19. The van der Waals surface area contributed by atoms with Crippen molar-refractivity contribution in [2.75, 3.05) is 26.7 Å². The van der Waals surface area contributed by atoms with Crippen LogP contribution in [-0.2, 0) is 9.53 Å². The van der Waals surface area contributed by atoms with Crippen LogP contribution in [0.25, 0.3) is 0 Å². The first kappa shape index (κ1) is 25.9. The Morgan fingerprint density at radius 3 is 2.11 bits per heavy atom. The summed E-state index contributed by atoms with van der Waals surface area (Å²) in [6.07, 6.45) is 15.4. The molecule has 0 amide bonds. The average molecular weight is 381 g/mol. The van der Waals surface area contributed by atoms with Crippen molar-refractivity contribution in [2.45, 2.75) is 104 Å². The summed E-state index contributed by atoms with van der Waals surface area (Å²) < 4.78 is 5.60. The Kier molecular flexibility index (Phi) is 18.9. The fourth-order valence-electron chi connectivity index (χ4n) is 3.28. The molecular weight excluding hydrogens is 336 g/mol. The number of carbonyl (C=O) groups is 1. The molecule has 158 valence electrons. The van der Waals surface area contributed by atoms with Gasteiger partial charge in [0.05, 0.1) is 12.0 Å². The number of nitrogens with zero attached hydrogens (tertiary/aromatic N) is 2. The van der Waals surface area contributed by atoms with Crippen molar-refractivity contribution in [3.8, 4) is 6.07 Å². The molecule has 27 heavy (non-hydrogen) atoms. The van der Waals surface area contributed by atoms with E-state index in [1.807, 2.05) is 0 Å². The van der Waals surface area contributed by atoms with Crippen molar-refractivity contribution in [3.63, 3.8) is 0 Å². The van der Waals surface area contributed by atoms with Crippen LogP contribution >= 0.6 is 0 Å². The highest BCUT2D eigenvalue weighted by molar-refractivity contribution is 5.72. The lowest BCUT2D eigenvalue weighted by molar-refractivity contribution is -0.149. The van der Waals surface area contributed by atoms with E-state index in [4.69, 9.17) is 10.00 Å². The van der Waals surface area contributed by atoms with Crippen LogP contribution in [0.5, 0.6) is 0 Å². The van der Waals surface area contributed by atoms with Crippen molar-refractivity contribution < 1.29 is 9.53 Å². The Morgan fingerprint density at radius 2 is 1.48 bits per heavy atom. The smallest absolute Gasteiger partial charge is 0.308 e. The van der Waals surface area contributed by atoms with Crippen molar-refractivity contribution in [2.24, 2.45) is 5.92 Å². The molecule has 0 aromatic carbocycles. The molecule has 0 saturated carbocycles. The largest absolute Gasteiger partial charge is 0.464 e. The molecule has 0 rings (SSSR count).